The predicted octanol–water partition coefficient (Wildman–Crippen LogP) is 2.84. The van der Waals surface area contributed by atoms with E-state index in [1.165, 1.54) is 4.88 Å². The van der Waals surface area contributed by atoms with Crippen molar-refractivity contribution < 1.29 is 0 Å². The molecule has 1 N–H and O–H groups in total. The maximum Gasteiger partial charge on any atom is 0.101 e. The molecule has 76 valence electrons. The Bertz CT molecular complexity index is 338. The molecule has 1 rings (SSSR count). The van der Waals surface area contributed by atoms with E-state index in [2.05, 4.69) is 11.4 Å². The van der Waals surface area contributed by atoms with Crippen molar-refractivity contribution in [1.29, 1.82) is 5.26 Å². The van der Waals surface area contributed by atoms with E-state index >= 15 is 0 Å². The largest absolute Gasteiger partial charge is 0.299 e. The molecule has 1 aromatic rings. The second-order valence-corrected chi connectivity index (χ2v) is 5.42. The summed E-state index contributed by atoms with van der Waals surface area (Å²) >= 11 is 7.39. The van der Waals surface area contributed by atoms with Crippen LogP contribution in [-0.2, 0) is 6.42 Å². The third-order valence-electron chi connectivity index (χ3n) is 1.85. The van der Waals surface area contributed by atoms with E-state index in [0.29, 0.717) is 0 Å². The van der Waals surface area contributed by atoms with Crippen LogP contribution < -0.4 is 5.32 Å². The van der Waals surface area contributed by atoms with E-state index in [9.17, 15) is 0 Å². The van der Waals surface area contributed by atoms with Gasteiger partial charge in [0.2, 0.25) is 0 Å². The number of nitrogens with one attached hydrogen (secondary N) is 1. The number of hydrogen-bond donors (Lipinski definition) is 1. The van der Waals surface area contributed by atoms with Crippen LogP contribution in [0.25, 0.3) is 0 Å². The van der Waals surface area contributed by atoms with E-state index in [-0.39, 0.29) is 0 Å². The molecule has 1 heterocycles. The van der Waals surface area contributed by atoms with Crippen molar-refractivity contribution in [3.8, 4) is 6.07 Å². The maximum atomic E-state index is 8.76. The van der Waals surface area contributed by atoms with Crippen LogP contribution in [-0.4, -0.2) is 12.1 Å². The van der Waals surface area contributed by atoms with Gasteiger partial charge in [0.15, 0.2) is 0 Å². The lowest BCUT2D eigenvalue weighted by Gasteiger charge is -2.16. The lowest BCUT2D eigenvalue weighted by Crippen LogP contribution is -2.38. The SMILES string of the molecule is CC(C)(C#N)NCCc1ccc(Cl)s1. The minimum Gasteiger partial charge on any atom is -0.299 e. The molecule has 0 aliphatic rings. The summed E-state index contributed by atoms with van der Waals surface area (Å²) in [5, 5.41) is 11.9. The van der Waals surface area contributed by atoms with E-state index in [4.69, 9.17) is 16.9 Å². The molecule has 0 aliphatic carbocycles. The second-order valence-electron chi connectivity index (χ2n) is 3.62. The Balaban J connectivity index is 2.33. The average molecular weight is 229 g/mol. The van der Waals surface area contributed by atoms with Gasteiger partial charge in [-0.3, -0.25) is 5.32 Å². The quantitative estimate of drug-likeness (QED) is 0.860. The van der Waals surface area contributed by atoms with Crippen LogP contribution in [0.4, 0.5) is 0 Å². The topological polar surface area (TPSA) is 35.8 Å². The summed E-state index contributed by atoms with van der Waals surface area (Å²) < 4.78 is 0.819. The molecule has 0 saturated heterocycles. The highest BCUT2D eigenvalue weighted by Crippen LogP contribution is 2.21. The van der Waals surface area contributed by atoms with Crippen LogP contribution in [0.5, 0.6) is 0 Å². The first-order valence-corrected chi connectivity index (χ1v) is 5.63. The number of nitrogens with zero attached hydrogens (tertiary/aromatic N) is 1. The van der Waals surface area contributed by atoms with Crippen molar-refractivity contribution in [2.24, 2.45) is 0 Å². The van der Waals surface area contributed by atoms with Crippen LogP contribution in [0, 0.1) is 11.3 Å². The molecule has 2 nitrogen and oxygen atoms in total. The van der Waals surface area contributed by atoms with Crippen molar-refractivity contribution in [3.63, 3.8) is 0 Å². The fourth-order valence-corrected chi connectivity index (χ4v) is 2.11. The zero-order valence-corrected chi connectivity index (χ0v) is 9.87. The third kappa shape index (κ3) is 3.67. The number of thiophene rings is 1. The van der Waals surface area contributed by atoms with Gasteiger partial charge in [-0.25, -0.2) is 0 Å². The fourth-order valence-electron chi connectivity index (χ4n) is 1.02. The number of rotatable bonds is 4. The van der Waals surface area contributed by atoms with Gasteiger partial charge in [0, 0.05) is 11.4 Å². The lowest BCUT2D eigenvalue weighted by molar-refractivity contribution is 0.491. The van der Waals surface area contributed by atoms with Crippen molar-refractivity contribution in [2.75, 3.05) is 6.54 Å². The summed E-state index contributed by atoms with van der Waals surface area (Å²) in [5.74, 6) is 0. The van der Waals surface area contributed by atoms with Gasteiger partial charge >= 0.3 is 0 Å². The summed E-state index contributed by atoms with van der Waals surface area (Å²) in [6.07, 6.45) is 0.919. The van der Waals surface area contributed by atoms with Gasteiger partial charge in [0.05, 0.1) is 10.4 Å². The molecule has 0 bridgehead atoms. The van der Waals surface area contributed by atoms with E-state index in [1.54, 1.807) is 11.3 Å². The Morgan fingerprint density at radius 1 is 1.57 bits per heavy atom. The zero-order chi connectivity index (χ0) is 10.6. The fraction of sp³-hybridized carbons (Fsp3) is 0.500. The predicted molar refractivity (Wildman–Crippen MR) is 60.7 cm³/mol. The third-order valence-corrected chi connectivity index (χ3v) is 3.14. The molecule has 0 fully saturated rings. The van der Waals surface area contributed by atoms with Gasteiger partial charge in [-0.2, -0.15) is 5.26 Å². The minimum absolute atomic E-state index is 0.443. The van der Waals surface area contributed by atoms with Gasteiger partial charge in [0.25, 0.3) is 0 Å². The maximum absolute atomic E-state index is 8.76. The highest BCUT2D eigenvalue weighted by molar-refractivity contribution is 7.16. The molecule has 0 unspecified atom stereocenters. The Hall–Kier alpha value is -0.560. The highest BCUT2D eigenvalue weighted by Gasteiger charge is 2.14. The molecule has 0 spiro atoms. The van der Waals surface area contributed by atoms with Crippen molar-refractivity contribution in [1.82, 2.24) is 5.32 Å². The molecule has 1 aromatic heterocycles. The standard InChI is InChI=1S/C10H13ClN2S/c1-10(2,7-12)13-6-5-8-3-4-9(11)14-8/h3-4,13H,5-6H2,1-2H3. The molecule has 0 aliphatic heterocycles. The molecule has 0 aromatic carbocycles. The van der Waals surface area contributed by atoms with Gasteiger partial charge in [-0.05, 0) is 32.4 Å². The Kier molecular flexibility index (Phi) is 3.94. The van der Waals surface area contributed by atoms with Crippen LogP contribution in [0.1, 0.15) is 18.7 Å². The molecule has 0 atom stereocenters. The molecular weight excluding hydrogens is 216 g/mol. The summed E-state index contributed by atoms with van der Waals surface area (Å²) in [5.41, 5.74) is -0.443. The van der Waals surface area contributed by atoms with Crippen LogP contribution in [0.3, 0.4) is 0 Å². The Morgan fingerprint density at radius 3 is 2.79 bits per heavy atom. The molecule has 4 heteroatoms. The molecule has 0 radical (unpaired) electrons. The summed E-state index contributed by atoms with van der Waals surface area (Å²) in [6, 6.07) is 6.12. The van der Waals surface area contributed by atoms with E-state index < -0.39 is 5.54 Å². The first kappa shape index (κ1) is 11.5. The molecule has 0 amide bonds. The Labute approximate surface area is 93.5 Å². The van der Waals surface area contributed by atoms with E-state index in [0.717, 1.165) is 17.3 Å². The first-order valence-electron chi connectivity index (χ1n) is 4.44. The van der Waals surface area contributed by atoms with Gasteiger partial charge in [-0.15, -0.1) is 11.3 Å². The van der Waals surface area contributed by atoms with Crippen molar-refractivity contribution in [2.45, 2.75) is 25.8 Å². The highest BCUT2D eigenvalue weighted by atomic mass is 35.5. The average Bonchev–Trinajstić information content (AvgIpc) is 2.51. The minimum atomic E-state index is -0.443. The lowest BCUT2D eigenvalue weighted by atomic mass is 10.1. The zero-order valence-electron chi connectivity index (χ0n) is 8.30. The summed E-state index contributed by atoms with van der Waals surface area (Å²) in [4.78, 5) is 1.25. The van der Waals surface area contributed by atoms with Gasteiger partial charge < -0.3 is 0 Å². The van der Waals surface area contributed by atoms with Gasteiger partial charge in [-0.1, -0.05) is 11.6 Å². The monoisotopic (exact) mass is 228 g/mol. The number of halogens is 1. The summed E-state index contributed by atoms with van der Waals surface area (Å²) in [6.45, 7) is 4.54. The normalized spacial score (nSPS) is 11.3. The molecule has 0 saturated carbocycles. The molecule has 14 heavy (non-hydrogen) atoms. The second kappa shape index (κ2) is 4.79. The number of hydrogen-bond acceptors (Lipinski definition) is 3. The van der Waals surface area contributed by atoms with Crippen LogP contribution in [0.15, 0.2) is 12.1 Å². The van der Waals surface area contributed by atoms with Crippen LogP contribution in [0.2, 0.25) is 4.34 Å². The van der Waals surface area contributed by atoms with Gasteiger partial charge in [0.1, 0.15) is 5.54 Å². The Morgan fingerprint density at radius 2 is 2.29 bits per heavy atom. The van der Waals surface area contributed by atoms with Crippen molar-refractivity contribution >= 4 is 22.9 Å². The smallest absolute Gasteiger partial charge is 0.101 e. The van der Waals surface area contributed by atoms with E-state index in [1.807, 2.05) is 26.0 Å². The van der Waals surface area contributed by atoms with Crippen LogP contribution >= 0.6 is 22.9 Å². The molecular formula is C10H13ClN2S. The first-order chi connectivity index (χ1) is 6.53. The summed E-state index contributed by atoms with van der Waals surface area (Å²) in [7, 11) is 0. The van der Waals surface area contributed by atoms with Crippen molar-refractivity contribution in [3.05, 3.63) is 21.3 Å². The number of nitriles is 1.